The van der Waals surface area contributed by atoms with Crippen molar-refractivity contribution in [1.82, 2.24) is 14.0 Å². The Bertz CT molecular complexity index is 1230. The van der Waals surface area contributed by atoms with Gasteiger partial charge in [-0.3, -0.25) is 4.99 Å². The molecule has 2 aromatic carbocycles. The smallest absolute Gasteiger partial charge is 0.254 e. The quantitative estimate of drug-likeness (QED) is 0.471. The summed E-state index contributed by atoms with van der Waals surface area (Å²) in [7, 11) is -2.42. The largest absolute Gasteiger partial charge is 0.416 e. The first-order valence-electron chi connectivity index (χ1n) is 11.1. The Morgan fingerprint density at radius 2 is 1.80 bits per heavy atom. The van der Waals surface area contributed by atoms with Gasteiger partial charge in [-0.25, -0.2) is 9.73 Å². The number of nitrogens with one attached hydrogen (secondary N) is 1. The summed E-state index contributed by atoms with van der Waals surface area (Å²) >= 11 is 6.01. The van der Waals surface area contributed by atoms with Crippen LogP contribution in [0, 0.1) is 0 Å². The summed E-state index contributed by atoms with van der Waals surface area (Å²) in [5, 5.41) is 6.48. The van der Waals surface area contributed by atoms with Gasteiger partial charge in [0, 0.05) is 31.1 Å². The average Bonchev–Trinajstić information content (AvgIpc) is 3.28. The van der Waals surface area contributed by atoms with Crippen LogP contribution in [0.4, 0.5) is 13.2 Å². The molecule has 188 valence electrons. The number of rotatable bonds is 4. The lowest BCUT2D eigenvalue weighted by Gasteiger charge is -2.27. The number of alkyl halides is 3. The van der Waals surface area contributed by atoms with Crippen LogP contribution in [0.1, 0.15) is 41.9 Å². The third-order valence-electron chi connectivity index (χ3n) is 6.00. The van der Waals surface area contributed by atoms with E-state index >= 15 is 0 Å². The molecule has 0 spiro atoms. The summed E-state index contributed by atoms with van der Waals surface area (Å²) in [6.07, 6.45) is -1.97. The van der Waals surface area contributed by atoms with Gasteiger partial charge in [-0.1, -0.05) is 48.4 Å². The van der Waals surface area contributed by atoms with Crippen LogP contribution in [-0.4, -0.2) is 56.1 Å². The topological polar surface area (TPSA) is 77.4 Å². The highest BCUT2D eigenvalue weighted by Gasteiger charge is 2.36. The van der Waals surface area contributed by atoms with Gasteiger partial charge < -0.3 is 0 Å². The highest BCUT2D eigenvalue weighted by molar-refractivity contribution is 7.87. The first-order chi connectivity index (χ1) is 16.6. The first kappa shape index (κ1) is 25.5. The van der Waals surface area contributed by atoms with Crippen LogP contribution in [0.5, 0.6) is 0 Å². The molecule has 1 N–H and O–H groups in total. The van der Waals surface area contributed by atoms with Crippen LogP contribution in [-0.2, 0) is 16.4 Å². The molecule has 1 saturated heterocycles. The van der Waals surface area contributed by atoms with Crippen molar-refractivity contribution in [1.29, 1.82) is 0 Å². The van der Waals surface area contributed by atoms with Crippen LogP contribution < -0.4 is 4.72 Å². The van der Waals surface area contributed by atoms with Crippen LogP contribution in [0.15, 0.2) is 58.6 Å². The minimum Gasteiger partial charge on any atom is -0.254 e. The molecular weight excluding hydrogens is 503 g/mol. The zero-order valence-electron chi connectivity index (χ0n) is 19.0. The number of piperidine rings is 1. The Kier molecular flexibility index (Phi) is 7.39. The van der Waals surface area contributed by atoms with Gasteiger partial charge in [-0.2, -0.15) is 31.0 Å². The van der Waals surface area contributed by atoms with Crippen molar-refractivity contribution in [3.05, 3.63) is 70.2 Å². The second kappa shape index (κ2) is 10.2. The summed E-state index contributed by atoms with van der Waals surface area (Å²) in [4.78, 5) is 4.09. The molecular formula is C23H25ClF3N5O2S. The summed E-state index contributed by atoms with van der Waals surface area (Å²) < 4.78 is 69.9. The Morgan fingerprint density at radius 3 is 2.43 bits per heavy atom. The maximum atomic E-state index is 13.4. The number of nitrogens with zero attached hydrogens (tertiary/aromatic N) is 4. The zero-order chi connectivity index (χ0) is 25.2. The van der Waals surface area contributed by atoms with E-state index in [9.17, 15) is 21.6 Å². The van der Waals surface area contributed by atoms with Crippen molar-refractivity contribution in [2.75, 3.05) is 26.7 Å². The fourth-order valence-corrected chi connectivity index (χ4v) is 5.63. The van der Waals surface area contributed by atoms with Crippen molar-refractivity contribution in [3.8, 4) is 0 Å². The SMILES string of the molecule is CN=C(NS(=O)(=O)N1CCCCC1)N1CC(c2cccc(C(F)(F)F)c2)C(c2ccc(Cl)cc2)=N1. The fourth-order valence-electron chi connectivity index (χ4n) is 4.21. The minimum atomic E-state index is -4.49. The van der Waals surface area contributed by atoms with Crippen LogP contribution in [0.3, 0.4) is 0 Å². The maximum Gasteiger partial charge on any atom is 0.416 e. The molecule has 0 saturated carbocycles. The molecule has 1 fully saturated rings. The van der Waals surface area contributed by atoms with Gasteiger partial charge in [0.25, 0.3) is 0 Å². The lowest BCUT2D eigenvalue weighted by atomic mass is 9.89. The standard InChI is InChI=1S/C23H25ClF3N5O2S/c1-28-22(30-35(33,34)31-12-3-2-4-13-31)32-15-20(17-6-5-7-18(14-17)23(25,26)27)21(29-32)16-8-10-19(24)11-9-16/h5-11,14,20H,2-4,12-13,15H2,1H3,(H,28,30). The Hall–Kier alpha value is -2.63. The molecule has 2 aliphatic rings. The second-order valence-electron chi connectivity index (χ2n) is 8.36. The van der Waals surface area contributed by atoms with E-state index in [4.69, 9.17) is 11.6 Å². The van der Waals surface area contributed by atoms with Crippen molar-refractivity contribution < 1.29 is 21.6 Å². The number of benzene rings is 2. The molecule has 12 heteroatoms. The number of aliphatic imine (C=N–C) groups is 1. The molecule has 1 atom stereocenters. The van der Waals surface area contributed by atoms with E-state index in [2.05, 4.69) is 14.8 Å². The van der Waals surface area contributed by atoms with Crippen LogP contribution in [0.2, 0.25) is 5.02 Å². The minimum absolute atomic E-state index is 0.00323. The van der Waals surface area contributed by atoms with Gasteiger partial charge in [-0.05, 0) is 42.2 Å². The number of hydrazone groups is 1. The van der Waals surface area contributed by atoms with Crippen molar-refractivity contribution in [2.24, 2.45) is 10.1 Å². The Labute approximate surface area is 207 Å². The van der Waals surface area contributed by atoms with Gasteiger partial charge >= 0.3 is 16.4 Å². The van der Waals surface area contributed by atoms with E-state index in [1.807, 2.05) is 0 Å². The Morgan fingerprint density at radius 1 is 1.11 bits per heavy atom. The molecule has 0 amide bonds. The van der Waals surface area contributed by atoms with E-state index in [0.29, 0.717) is 35.0 Å². The highest BCUT2D eigenvalue weighted by atomic mass is 35.5. The summed E-state index contributed by atoms with van der Waals surface area (Å²) in [6, 6.07) is 11.9. The molecule has 0 bridgehead atoms. The molecule has 2 aliphatic heterocycles. The van der Waals surface area contributed by atoms with Gasteiger partial charge in [0.1, 0.15) is 0 Å². The lowest BCUT2D eigenvalue weighted by Crippen LogP contribution is -2.49. The van der Waals surface area contributed by atoms with E-state index in [1.54, 1.807) is 30.3 Å². The number of guanidine groups is 1. The Balaban J connectivity index is 1.68. The van der Waals surface area contributed by atoms with Crippen LogP contribution in [0.25, 0.3) is 0 Å². The third-order valence-corrected chi connectivity index (χ3v) is 7.74. The summed E-state index contributed by atoms with van der Waals surface area (Å²) in [5.74, 6) is -0.564. The second-order valence-corrected chi connectivity index (χ2v) is 10.5. The fraction of sp³-hybridized carbons (Fsp3) is 0.391. The van der Waals surface area contributed by atoms with Gasteiger partial charge in [-0.15, -0.1) is 0 Å². The highest BCUT2D eigenvalue weighted by Crippen LogP contribution is 2.34. The lowest BCUT2D eigenvalue weighted by molar-refractivity contribution is -0.137. The zero-order valence-corrected chi connectivity index (χ0v) is 20.5. The van der Waals surface area contributed by atoms with Crippen molar-refractivity contribution >= 4 is 33.5 Å². The van der Waals surface area contributed by atoms with E-state index in [-0.39, 0.29) is 12.5 Å². The predicted molar refractivity (Wildman–Crippen MR) is 130 cm³/mol. The van der Waals surface area contributed by atoms with Gasteiger partial charge in [0.15, 0.2) is 0 Å². The van der Waals surface area contributed by atoms with Crippen molar-refractivity contribution in [3.63, 3.8) is 0 Å². The first-order valence-corrected chi connectivity index (χ1v) is 12.9. The monoisotopic (exact) mass is 527 g/mol. The molecule has 2 aromatic rings. The number of halogens is 4. The molecule has 2 heterocycles. The normalized spacial score (nSPS) is 20.1. The average molecular weight is 528 g/mol. The van der Waals surface area contributed by atoms with Gasteiger partial charge in [0.2, 0.25) is 5.96 Å². The van der Waals surface area contributed by atoms with Crippen molar-refractivity contribution in [2.45, 2.75) is 31.4 Å². The molecule has 0 aliphatic carbocycles. The molecule has 0 aromatic heterocycles. The third kappa shape index (κ3) is 5.79. The summed E-state index contributed by atoms with van der Waals surface area (Å²) in [6.45, 7) is 0.936. The van der Waals surface area contributed by atoms with Gasteiger partial charge in [0.05, 0.1) is 17.8 Å². The predicted octanol–water partition coefficient (Wildman–Crippen LogP) is 4.47. The summed E-state index contributed by atoms with van der Waals surface area (Å²) in [5.41, 5.74) is 0.789. The maximum absolute atomic E-state index is 13.4. The van der Waals surface area contributed by atoms with E-state index in [1.165, 1.54) is 22.4 Å². The molecule has 4 rings (SSSR count). The van der Waals surface area contributed by atoms with E-state index in [0.717, 1.165) is 31.4 Å². The molecule has 1 unspecified atom stereocenters. The van der Waals surface area contributed by atoms with E-state index < -0.39 is 27.9 Å². The molecule has 0 radical (unpaired) electrons. The molecule has 7 nitrogen and oxygen atoms in total. The number of hydrogen-bond acceptors (Lipinski definition) is 4. The molecule has 35 heavy (non-hydrogen) atoms. The van der Waals surface area contributed by atoms with Crippen LogP contribution >= 0.6 is 11.6 Å². The number of hydrogen-bond donors (Lipinski definition) is 1.